The molecule has 298 valence electrons. The van der Waals surface area contributed by atoms with Crippen molar-refractivity contribution >= 4 is 11.9 Å². The van der Waals surface area contributed by atoms with E-state index >= 15 is 0 Å². The van der Waals surface area contributed by atoms with Crippen molar-refractivity contribution in [3.05, 3.63) is 24.2 Å². The molecule has 15 nitrogen and oxygen atoms in total. The van der Waals surface area contributed by atoms with Gasteiger partial charge in [0.25, 0.3) is 0 Å². The number of carbonyl (C=O) groups excluding carboxylic acids is 2. The van der Waals surface area contributed by atoms with Crippen molar-refractivity contribution in [1.82, 2.24) is 30.1 Å². The highest BCUT2D eigenvalue weighted by atomic mass is 16.6. The fraction of sp³-hybridized carbons (Fsp3) is 0.838. The minimum atomic E-state index is -0.100. The van der Waals surface area contributed by atoms with Gasteiger partial charge in [0.1, 0.15) is 5.69 Å². The zero-order valence-corrected chi connectivity index (χ0v) is 32.7. The van der Waals surface area contributed by atoms with Crippen LogP contribution in [0.2, 0.25) is 0 Å². The minimum absolute atomic E-state index is 0.00671. The monoisotopic (exact) mass is 738 g/mol. The fourth-order valence-electron chi connectivity index (χ4n) is 5.90. The van der Waals surface area contributed by atoms with E-state index < -0.39 is 0 Å². The molecule has 1 N–H and O–H groups in total. The number of amides is 3. The van der Waals surface area contributed by atoms with Crippen LogP contribution in [-0.2, 0) is 51.0 Å². The molecule has 2 fully saturated rings. The van der Waals surface area contributed by atoms with Gasteiger partial charge in [-0.15, -0.1) is 5.10 Å². The Morgan fingerprint density at radius 3 is 1.75 bits per heavy atom. The second kappa shape index (κ2) is 23.2. The molecule has 1 aromatic heterocycles. The molecule has 1 unspecified atom stereocenters. The van der Waals surface area contributed by atoms with Crippen molar-refractivity contribution in [3.63, 3.8) is 0 Å². The predicted octanol–water partition coefficient (Wildman–Crippen LogP) is 3.38. The van der Waals surface area contributed by atoms with Gasteiger partial charge >= 0.3 is 6.03 Å². The van der Waals surface area contributed by atoms with E-state index in [1.54, 1.807) is 9.58 Å². The van der Waals surface area contributed by atoms with E-state index in [1.165, 1.54) is 0 Å². The number of carbonyl (C=O) groups is 2. The van der Waals surface area contributed by atoms with E-state index in [-0.39, 0.29) is 28.7 Å². The van der Waals surface area contributed by atoms with Crippen LogP contribution in [0.25, 0.3) is 0 Å². The fourth-order valence-corrected chi connectivity index (χ4v) is 5.90. The van der Waals surface area contributed by atoms with Gasteiger partial charge in [-0.3, -0.25) is 4.79 Å². The topological polar surface area (TPSA) is 148 Å². The first-order valence-electron chi connectivity index (χ1n) is 18.8. The molecule has 0 bridgehead atoms. The summed E-state index contributed by atoms with van der Waals surface area (Å²) in [5.74, 6) is 0.599. The number of likely N-dealkylation sites (tertiary alicyclic amines) is 2. The molecule has 0 saturated carbocycles. The van der Waals surface area contributed by atoms with Crippen LogP contribution in [0.15, 0.2) is 18.5 Å². The van der Waals surface area contributed by atoms with Crippen LogP contribution >= 0.6 is 0 Å². The number of hydrogen-bond acceptors (Lipinski definition) is 11. The highest BCUT2D eigenvalue weighted by molar-refractivity contribution is 5.84. The number of rotatable bonds is 26. The van der Waals surface area contributed by atoms with Crippen molar-refractivity contribution in [3.8, 4) is 0 Å². The number of hydrogen-bond donors (Lipinski definition) is 1. The number of ether oxygens (including phenoxy) is 7. The summed E-state index contributed by atoms with van der Waals surface area (Å²) in [6.07, 6.45) is 3.59. The van der Waals surface area contributed by atoms with Crippen LogP contribution in [-0.4, -0.2) is 149 Å². The van der Waals surface area contributed by atoms with Gasteiger partial charge in [0.05, 0.1) is 112 Å². The second-order valence-electron chi connectivity index (χ2n) is 15.4. The molecule has 0 aliphatic carbocycles. The van der Waals surface area contributed by atoms with Crippen molar-refractivity contribution in [2.75, 3.05) is 112 Å². The van der Waals surface area contributed by atoms with Crippen LogP contribution < -0.4 is 5.32 Å². The van der Waals surface area contributed by atoms with Crippen LogP contribution in [0.1, 0.15) is 60.1 Å². The second-order valence-corrected chi connectivity index (χ2v) is 15.4. The van der Waals surface area contributed by atoms with E-state index in [0.29, 0.717) is 124 Å². The van der Waals surface area contributed by atoms with Crippen LogP contribution in [0, 0.1) is 22.7 Å². The molecule has 15 heteroatoms. The lowest BCUT2D eigenvalue weighted by atomic mass is 9.79. The normalized spacial score (nSPS) is 18.3. The molecule has 3 amide bonds. The molecule has 2 aliphatic heterocycles. The van der Waals surface area contributed by atoms with E-state index in [2.05, 4.69) is 63.8 Å². The van der Waals surface area contributed by atoms with E-state index in [9.17, 15) is 9.59 Å². The molecule has 0 radical (unpaired) electrons. The summed E-state index contributed by atoms with van der Waals surface area (Å²) in [6.45, 7) is 26.8. The maximum absolute atomic E-state index is 12.9. The molecule has 0 spiro atoms. The lowest BCUT2D eigenvalue weighted by Gasteiger charge is -2.27. The number of nitrogens with one attached hydrogen (secondary N) is 1. The first-order chi connectivity index (χ1) is 24.9. The summed E-state index contributed by atoms with van der Waals surface area (Å²) >= 11 is 0. The van der Waals surface area contributed by atoms with Gasteiger partial charge in [-0.2, -0.15) is 0 Å². The zero-order valence-electron chi connectivity index (χ0n) is 32.7. The summed E-state index contributed by atoms with van der Waals surface area (Å²) in [6, 6.07) is -0.00671. The molecule has 52 heavy (non-hydrogen) atoms. The Hall–Kier alpha value is -2.66. The number of urea groups is 1. The Balaban J connectivity index is 1.00. The number of aromatic nitrogens is 3. The SMILES string of the molecule is C=C1CC(C(C)(C)C)C(=O)N1Cc1cn(CCOCCOCCOCCOCCOCCOCCOCCNC(=O)N2CC[C@@H](C(C)(C)C)C2)nn1. The first-order valence-corrected chi connectivity index (χ1v) is 18.8. The summed E-state index contributed by atoms with van der Waals surface area (Å²) in [4.78, 5) is 28.8. The standard InChI is InChI=1S/C37H66N6O9/c1-30-26-33(37(5,6)7)34(44)43(30)29-32-28-42(40-39-32)11-13-47-15-17-49-19-21-51-23-25-52-24-22-50-20-18-48-16-14-46-12-9-38-35(45)41-10-8-31(27-41)36(2,3)4/h28,31,33H,1,8-27,29H2,2-7H3,(H,38,45)/t31-,33?/m1/s1. The quantitative estimate of drug-likeness (QED) is 0.140. The molecule has 2 saturated heterocycles. The Morgan fingerprint density at radius 1 is 0.788 bits per heavy atom. The van der Waals surface area contributed by atoms with E-state index in [4.69, 9.17) is 33.2 Å². The third-order valence-electron chi connectivity index (χ3n) is 9.26. The third kappa shape index (κ3) is 16.6. The van der Waals surface area contributed by atoms with Gasteiger partial charge in [0.15, 0.2) is 0 Å². The van der Waals surface area contributed by atoms with E-state index in [0.717, 1.165) is 30.9 Å². The summed E-state index contributed by atoms with van der Waals surface area (Å²) < 4.78 is 40.5. The summed E-state index contributed by atoms with van der Waals surface area (Å²) in [7, 11) is 0. The maximum atomic E-state index is 12.9. The van der Waals surface area contributed by atoms with Gasteiger partial charge in [-0.1, -0.05) is 53.3 Å². The molecule has 3 rings (SSSR count). The van der Waals surface area contributed by atoms with Gasteiger partial charge < -0.3 is 48.3 Å². The minimum Gasteiger partial charge on any atom is -0.377 e. The van der Waals surface area contributed by atoms with Gasteiger partial charge in [-0.25, -0.2) is 9.48 Å². The third-order valence-corrected chi connectivity index (χ3v) is 9.26. The highest BCUT2D eigenvalue weighted by Crippen LogP contribution is 2.39. The molecule has 2 atom stereocenters. The Kier molecular flexibility index (Phi) is 19.5. The first kappa shape index (κ1) is 43.7. The van der Waals surface area contributed by atoms with Crippen LogP contribution in [0.5, 0.6) is 0 Å². The largest absolute Gasteiger partial charge is 0.377 e. The molecule has 0 aromatic carbocycles. The predicted molar refractivity (Wildman–Crippen MR) is 196 cm³/mol. The molecule has 1 aromatic rings. The highest BCUT2D eigenvalue weighted by Gasteiger charge is 2.41. The average molecular weight is 739 g/mol. The van der Waals surface area contributed by atoms with Crippen molar-refractivity contribution in [1.29, 1.82) is 0 Å². The summed E-state index contributed by atoms with van der Waals surface area (Å²) in [5, 5.41) is 11.3. The van der Waals surface area contributed by atoms with E-state index in [1.807, 2.05) is 11.1 Å². The number of nitrogens with zero attached hydrogens (tertiary/aromatic N) is 5. The van der Waals surface area contributed by atoms with Crippen molar-refractivity contribution in [2.45, 2.75) is 67.5 Å². The summed E-state index contributed by atoms with van der Waals surface area (Å²) in [5.41, 5.74) is 1.70. The zero-order chi connectivity index (χ0) is 37.8. The van der Waals surface area contributed by atoms with Crippen LogP contribution in [0.3, 0.4) is 0 Å². The lowest BCUT2D eigenvalue weighted by Crippen LogP contribution is -2.40. The van der Waals surface area contributed by atoms with Crippen LogP contribution in [0.4, 0.5) is 4.79 Å². The Morgan fingerprint density at radius 2 is 1.29 bits per heavy atom. The van der Waals surface area contributed by atoms with Gasteiger partial charge in [-0.05, 0) is 29.6 Å². The smallest absolute Gasteiger partial charge is 0.317 e. The molecule has 3 heterocycles. The lowest BCUT2D eigenvalue weighted by molar-refractivity contribution is -0.133. The average Bonchev–Trinajstić information content (AvgIpc) is 3.83. The Labute approximate surface area is 310 Å². The van der Waals surface area contributed by atoms with Gasteiger partial charge in [0, 0.05) is 31.2 Å². The maximum Gasteiger partial charge on any atom is 0.317 e. The van der Waals surface area contributed by atoms with Crippen molar-refractivity contribution < 1.29 is 42.7 Å². The number of allylic oxidation sites excluding steroid dienone is 1. The Bertz CT molecular complexity index is 1190. The molecular formula is C37H66N6O9. The molecular weight excluding hydrogens is 672 g/mol. The molecule has 2 aliphatic rings. The van der Waals surface area contributed by atoms with Crippen molar-refractivity contribution in [2.24, 2.45) is 22.7 Å². The van der Waals surface area contributed by atoms with Gasteiger partial charge in [0.2, 0.25) is 5.91 Å².